The van der Waals surface area contributed by atoms with Gasteiger partial charge in [0, 0.05) is 19.0 Å². The van der Waals surface area contributed by atoms with E-state index in [0.717, 1.165) is 11.1 Å². The number of hydrogen-bond donors (Lipinski definition) is 1. The standard InChI is InChI=1S/C20H21NO4/c1-14-7-9-16(10-8-14)25-13-19(22)21-11-17(18(12-21)20(23)24)15-5-3-2-4-6-15/h2-10,17-18H,11-13H2,1H3,(H,23,24). The molecule has 0 aliphatic carbocycles. The van der Waals surface area contributed by atoms with E-state index >= 15 is 0 Å². The Hall–Kier alpha value is -2.82. The van der Waals surface area contributed by atoms with E-state index in [1.165, 1.54) is 0 Å². The van der Waals surface area contributed by atoms with Crippen molar-refractivity contribution in [1.29, 1.82) is 0 Å². The molecule has 0 saturated carbocycles. The number of likely N-dealkylation sites (tertiary alicyclic amines) is 1. The van der Waals surface area contributed by atoms with Crippen LogP contribution in [-0.2, 0) is 9.59 Å². The smallest absolute Gasteiger partial charge is 0.308 e. The van der Waals surface area contributed by atoms with Gasteiger partial charge in [-0.1, -0.05) is 48.0 Å². The van der Waals surface area contributed by atoms with E-state index in [1.807, 2.05) is 61.5 Å². The van der Waals surface area contributed by atoms with Crippen molar-refractivity contribution in [3.05, 3.63) is 65.7 Å². The minimum Gasteiger partial charge on any atom is -0.484 e. The predicted molar refractivity (Wildman–Crippen MR) is 93.6 cm³/mol. The number of carboxylic acids is 1. The molecule has 0 spiro atoms. The number of hydrogen-bond acceptors (Lipinski definition) is 3. The quantitative estimate of drug-likeness (QED) is 0.909. The average molecular weight is 339 g/mol. The van der Waals surface area contributed by atoms with Gasteiger partial charge in [-0.25, -0.2) is 0 Å². The first kappa shape index (κ1) is 17.0. The molecular formula is C20H21NO4. The van der Waals surface area contributed by atoms with Crippen molar-refractivity contribution in [2.75, 3.05) is 19.7 Å². The number of carbonyl (C=O) groups excluding carboxylic acids is 1. The molecule has 2 aromatic rings. The van der Waals surface area contributed by atoms with Crippen LogP contribution in [0.2, 0.25) is 0 Å². The van der Waals surface area contributed by atoms with Crippen molar-refractivity contribution in [2.45, 2.75) is 12.8 Å². The molecule has 1 amide bonds. The summed E-state index contributed by atoms with van der Waals surface area (Å²) in [4.78, 5) is 25.6. The van der Waals surface area contributed by atoms with Gasteiger partial charge in [0.25, 0.3) is 5.91 Å². The summed E-state index contributed by atoms with van der Waals surface area (Å²) >= 11 is 0. The molecule has 1 heterocycles. The number of benzene rings is 2. The van der Waals surface area contributed by atoms with E-state index in [1.54, 1.807) is 4.90 Å². The molecule has 1 saturated heterocycles. The summed E-state index contributed by atoms with van der Waals surface area (Å²) in [5, 5.41) is 9.51. The second-order valence-corrected chi connectivity index (χ2v) is 6.36. The molecule has 1 N–H and O–H groups in total. The Balaban J connectivity index is 1.65. The van der Waals surface area contributed by atoms with Crippen LogP contribution in [0.1, 0.15) is 17.0 Å². The Kier molecular flexibility index (Phi) is 5.03. The van der Waals surface area contributed by atoms with Crippen LogP contribution in [0.4, 0.5) is 0 Å². The Morgan fingerprint density at radius 2 is 1.76 bits per heavy atom. The van der Waals surface area contributed by atoms with Crippen LogP contribution < -0.4 is 4.74 Å². The largest absolute Gasteiger partial charge is 0.484 e. The maximum atomic E-state index is 12.4. The highest BCUT2D eigenvalue weighted by molar-refractivity contribution is 5.80. The summed E-state index contributed by atoms with van der Waals surface area (Å²) in [5.41, 5.74) is 2.07. The highest BCUT2D eigenvalue weighted by Gasteiger charge is 2.40. The van der Waals surface area contributed by atoms with Gasteiger partial charge in [0.2, 0.25) is 0 Å². The monoisotopic (exact) mass is 339 g/mol. The summed E-state index contributed by atoms with van der Waals surface area (Å²) in [6.07, 6.45) is 0. The maximum Gasteiger partial charge on any atom is 0.308 e. The molecule has 5 nitrogen and oxygen atoms in total. The number of ether oxygens (including phenoxy) is 1. The second kappa shape index (κ2) is 7.38. The van der Waals surface area contributed by atoms with Crippen molar-refractivity contribution in [3.8, 4) is 5.75 Å². The summed E-state index contributed by atoms with van der Waals surface area (Å²) in [7, 11) is 0. The highest BCUT2D eigenvalue weighted by Crippen LogP contribution is 2.33. The first-order chi connectivity index (χ1) is 12.0. The summed E-state index contributed by atoms with van der Waals surface area (Å²) in [5.74, 6) is -1.21. The van der Waals surface area contributed by atoms with Crippen molar-refractivity contribution >= 4 is 11.9 Å². The van der Waals surface area contributed by atoms with E-state index < -0.39 is 11.9 Å². The molecule has 5 heteroatoms. The van der Waals surface area contributed by atoms with Gasteiger partial charge in [0.15, 0.2) is 6.61 Å². The molecular weight excluding hydrogens is 318 g/mol. The van der Waals surface area contributed by atoms with E-state index in [4.69, 9.17) is 4.74 Å². The molecule has 25 heavy (non-hydrogen) atoms. The van der Waals surface area contributed by atoms with Crippen molar-refractivity contribution in [1.82, 2.24) is 4.90 Å². The first-order valence-corrected chi connectivity index (χ1v) is 8.29. The summed E-state index contributed by atoms with van der Waals surface area (Å²) in [6, 6.07) is 17.0. The number of aliphatic carboxylic acids is 1. The molecule has 2 atom stereocenters. The van der Waals surface area contributed by atoms with Crippen LogP contribution in [0.15, 0.2) is 54.6 Å². The van der Waals surface area contributed by atoms with Gasteiger partial charge in [-0.15, -0.1) is 0 Å². The number of carbonyl (C=O) groups is 2. The van der Waals surface area contributed by atoms with Crippen LogP contribution in [-0.4, -0.2) is 41.6 Å². The Bertz CT molecular complexity index is 742. The van der Waals surface area contributed by atoms with Gasteiger partial charge in [0.1, 0.15) is 5.75 Å². The Labute approximate surface area is 146 Å². The zero-order chi connectivity index (χ0) is 17.8. The van der Waals surface area contributed by atoms with Crippen LogP contribution in [0, 0.1) is 12.8 Å². The zero-order valence-electron chi connectivity index (χ0n) is 14.1. The lowest BCUT2D eigenvalue weighted by molar-refractivity contribution is -0.142. The Morgan fingerprint density at radius 1 is 1.08 bits per heavy atom. The lowest BCUT2D eigenvalue weighted by Gasteiger charge is -2.17. The number of rotatable bonds is 5. The minimum atomic E-state index is -0.872. The van der Waals surface area contributed by atoms with Crippen molar-refractivity contribution in [3.63, 3.8) is 0 Å². The number of nitrogens with zero attached hydrogens (tertiary/aromatic N) is 1. The summed E-state index contributed by atoms with van der Waals surface area (Å²) in [6.45, 7) is 2.51. The molecule has 0 aromatic heterocycles. The van der Waals surface area contributed by atoms with Crippen molar-refractivity contribution < 1.29 is 19.4 Å². The van der Waals surface area contributed by atoms with Gasteiger partial charge in [0.05, 0.1) is 5.92 Å². The van der Waals surface area contributed by atoms with Gasteiger partial charge < -0.3 is 14.7 Å². The van der Waals surface area contributed by atoms with Crippen LogP contribution in [0.5, 0.6) is 5.75 Å². The third-order valence-corrected chi connectivity index (χ3v) is 4.60. The third-order valence-electron chi connectivity index (χ3n) is 4.60. The molecule has 0 bridgehead atoms. The lowest BCUT2D eigenvalue weighted by atomic mass is 9.89. The number of carboxylic acid groups (broad SMARTS) is 1. The van der Waals surface area contributed by atoms with Crippen LogP contribution in [0.25, 0.3) is 0 Å². The molecule has 3 rings (SSSR count). The second-order valence-electron chi connectivity index (χ2n) is 6.36. The van der Waals surface area contributed by atoms with Gasteiger partial charge in [-0.3, -0.25) is 9.59 Å². The fourth-order valence-electron chi connectivity index (χ4n) is 3.17. The van der Waals surface area contributed by atoms with Crippen LogP contribution in [0.3, 0.4) is 0 Å². The van der Waals surface area contributed by atoms with E-state index in [0.29, 0.717) is 12.3 Å². The van der Waals surface area contributed by atoms with E-state index in [9.17, 15) is 14.7 Å². The van der Waals surface area contributed by atoms with Crippen LogP contribution >= 0.6 is 0 Å². The molecule has 2 aromatic carbocycles. The molecule has 1 aliphatic heterocycles. The lowest BCUT2D eigenvalue weighted by Crippen LogP contribution is -2.33. The normalized spacial score (nSPS) is 19.6. The number of amides is 1. The van der Waals surface area contributed by atoms with Gasteiger partial charge in [-0.05, 0) is 24.6 Å². The predicted octanol–water partition coefficient (Wildman–Crippen LogP) is 2.70. The average Bonchev–Trinajstić information content (AvgIpc) is 3.07. The fraction of sp³-hybridized carbons (Fsp3) is 0.300. The molecule has 2 unspecified atom stereocenters. The zero-order valence-corrected chi connectivity index (χ0v) is 14.1. The Morgan fingerprint density at radius 3 is 2.40 bits per heavy atom. The minimum absolute atomic E-state index is 0.0864. The SMILES string of the molecule is Cc1ccc(OCC(=O)N2CC(C(=O)O)C(c3ccccc3)C2)cc1. The maximum absolute atomic E-state index is 12.4. The molecule has 130 valence electrons. The molecule has 1 aliphatic rings. The molecule has 1 fully saturated rings. The van der Waals surface area contributed by atoms with E-state index in [-0.39, 0.29) is 25.0 Å². The number of aryl methyl sites for hydroxylation is 1. The highest BCUT2D eigenvalue weighted by atomic mass is 16.5. The fourth-order valence-corrected chi connectivity index (χ4v) is 3.17. The van der Waals surface area contributed by atoms with Gasteiger partial charge >= 0.3 is 5.97 Å². The molecule has 0 radical (unpaired) electrons. The topological polar surface area (TPSA) is 66.8 Å². The van der Waals surface area contributed by atoms with Crippen molar-refractivity contribution in [2.24, 2.45) is 5.92 Å². The first-order valence-electron chi connectivity index (χ1n) is 8.29. The third kappa shape index (κ3) is 3.99. The van der Waals surface area contributed by atoms with E-state index in [2.05, 4.69) is 0 Å². The summed E-state index contributed by atoms with van der Waals surface area (Å²) < 4.78 is 5.53. The van der Waals surface area contributed by atoms with Gasteiger partial charge in [-0.2, -0.15) is 0 Å².